The van der Waals surface area contributed by atoms with Gasteiger partial charge in [0.2, 0.25) is 5.78 Å². The molecule has 1 aliphatic rings. The minimum Gasteiger partial charge on any atom is -0.370 e. The average molecular weight is 369 g/mol. The number of rotatable bonds is 4. The summed E-state index contributed by atoms with van der Waals surface area (Å²) < 4.78 is 63.1. The number of likely N-dealkylation sites (tertiary alicyclic amines) is 1. The molecule has 2 heterocycles. The lowest BCUT2D eigenvalue weighted by Crippen LogP contribution is -2.43. The van der Waals surface area contributed by atoms with Gasteiger partial charge < -0.3 is 4.90 Å². The second-order valence-corrected chi connectivity index (χ2v) is 5.83. The number of hydrogen-bond donors (Lipinski definition) is 0. The first kappa shape index (κ1) is 18.6. The molecule has 0 N–H and O–H groups in total. The highest BCUT2D eigenvalue weighted by Gasteiger charge is 2.62. The second-order valence-electron chi connectivity index (χ2n) is 5.44. The van der Waals surface area contributed by atoms with Gasteiger partial charge in [0, 0.05) is 31.1 Å². The first-order valence-electron chi connectivity index (χ1n) is 7.16. The number of pyridine rings is 1. The molecule has 2 rings (SSSR count). The van der Waals surface area contributed by atoms with Crippen LogP contribution >= 0.6 is 11.6 Å². The lowest BCUT2D eigenvalue weighted by atomic mass is 10.0. The van der Waals surface area contributed by atoms with Crippen LogP contribution in [0, 0.1) is 0 Å². The molecule has 1 aromatic heterocycles. The first-order chi connectivity index (χ1) is 11.1. The molecule has 0 atom stereocenters. The Labute approximate surface area is 140 Å². The average Bonchev–Trinajstić information content (AvgIpc) is 2.50. The fourth-order valence-corrected chi connectivity index (χ4v) is 2.47. The van der Waals surface area contributed by atoms with Crippen LogP contribution in [-0.4, -0.2) is 34.3 Å². The van der Waals surface area contributed by atoms with Crippen LogP contribution in [0.15, 0.2) is 30.1 Å². The summed E-state index contributed by atoms with van der Waals surface area (Å²) in [6, 6.07) is 3.22. The third-order valence-electron chi connectivity index (χ3n) is 3.64. The number of carbonyl (C=O) groups excluding carboxylic acids is 1. The molecule has 9 heteroatoms. The van der Waals surface area contributed by atoms with Gasteiger partial charge in [0.25, 0.3) is 0 Å². The monoisotopic (exact) mass is 368 g/mol. The van der Waals surface area contributed by atoms with E-state index in [1.165, 1.54) is 6.20 Å². The molecular formula is C15H14ClF5N2O. The van der Waals surface area contributed by atoms with E-state index in [1.54, 1.807) is 17.0 Å². The Kier molecular flexibility index (Phi) is 5.47. The van der Waals surface area contributed by atoms with Crippen LogP contribution in [0.2, 0.25) is 5.15 Å². The molecule has 0 aromatic carbocycles. The molecule has 1 aromatic rings. The minimum atomic E-state index is -5.90. The maximum atomic E-state index is 13.1. The maximum absolute atomic E-state index is 13.1. The van der Waals surface area contributed by atoms with Crippen LogP contribution in [0.5, 0.6) is 0 Å². The van der Waals surface area contributed by atoms with Crippen molar-refractivity contribution in [1.29, 1.82) is 0 Å². The fourth-order valence-electron chi connectivity index (χ4n) is 2.36. The largest absolute Gasteiger partial charge is 0.461 e. The highest BCUT2D eigenvalue weighted by Crippen LogP contribution is 2.37. The Hall–Kier alpha value is -1.70. The summed E-state index contributed by atoms with van der Waals surface area (Å²) in [6.45, 7) is 0.709. The van der Waals surface area contributed by atoms with Crippen LogP contribution in [0.1, 0.15) is 24.8 Å². The second kappa shape index (κ2) is 7.04. The molecule has 0 radical (unpaired) electrons. The van der Waals surface area contributed by atoms with Gasteiger partial charge in [-0.05, 0) is 30.9 Å². The van der Waals surface area contributed by atoms with Gasteiger partial charge in [-0.1, -0.05) is 17.7 Å². The Morgan fingerprint density at radius 1 is 1.25 bits per heavy atom. The molecule has 1 fully saturated rings. The number of nitrogens with zero attached hydrogens (tertiary/aromatic N) is 2. The van der Waals surface area contributed by atoms with Crippen molar-refractivity contribution >= 4 is 17.4 Å². The van der Waals surface area contributed by atoms with E-state index in [1.807, 2.05) is 0 Å². The molecule has 1 aliphatic heterocycles. The van der Waals surface area contributed by atoms with Crippen LogP contribution in [0.3, 0.4) is 0 Å². The molecule has 0 spiro atoms. The Morgan fingerprint density at radius 3 is 2.54 bits per heavy atom. The zero-order valence-corrected chi connectivity index (χ0v) is 13.2. The molecule has 3 nitrogen and oxygen atoms in total. The van der Waals surface area contributed by atoms with Gasteiger partial charge in [-0.3, -0.25) is 4.79 Å². The van der Waals surface area contributed by atoms with Crippen molar-refractivity contribution in [2.45, 2.75) is 37.9 Å². The Balaban J connectivity index is 2.19. The molecule has 24 heavy (non-hydrogen) atoms. The van der Waals surface area contributed by atoms with E-state index in [9.17, 15) is 26.7 Å². The molecular weight excluding hydrogens is 355 g/mol. The summed E-state index contributed by atoms with van der Waals surface area (Å²) in [7, 11) is 0. The van der Waals surface area contributed by atoms with Crippen molar-refractivity contribution in [1.82, 2.24) is 9.88 Å². The smallest absolute Gasteiger partial charge is 0.370 e. The van der Waals surface area contributed by atoms with Gasteiger partial charge >= 0.3 is 12.1 Å². The quantitative estimate of drug-likeness (QED) is 0.449. The zero-order valence-electron chi connectivity index (χ0n) is 12.4. The zero-order chi connectivity index (χ0) is 18.0. The molecule has 1 saturated heterocycles. The van der Waals surface area contributed by atoms with Crippen molar-refractivity contribution in [3.8, 4) is 0 Å². The van der Waals surface area contributed by atoms with Crippen LogP contribution in [-0.2, 0) is 11.3 Å². The fraction of sp³-hybridized carbons (Fsp3) is 0.467. The van der Waals surface area contributed by atoms with Gasteiger partial charge in [0.05, 0.1) is 0 Å². The summed E-state index contributed by atoms with van der Waals surface area (Å²) in [5.74, 6) is -7.63. The van der Waals surface area contributed by atoms with Crippen LogP contribution in [0.4, 0.5) is 22.0 Å². The van der Waals surface area contributed by atoms with E-state index < -0.39 is 17.9 Å². The number of carbonyl (C=O) groups is 1. The van der Waals surface area contributed by atoms with E-state index in [-0.39, 0.29) is 23.8 Å². The number of allylic oxidation sites excluding steroid dienone is 2. The summed E-state index contributed by atoms with van der Waals surface area (Å²) in [5.41, 5.74) is 0.882. The highest BCUT2D eigenvalue weighted by molar-refractivity contribution is 6.29. The number of piperidine rings is 1. The van der Waals surface area contributed by atoms with Gasteiger partial charge in [-0.25, -0.2) is 4.98 Å². The number of alkyl halides is 5. The van der Waals surface area contributed by atoms with Crippen LogP contribution < -0.4 is 0 Å². The molecule has 0 aliphatic carbocycles. The van der Waals surface area contributed by atoms with Gasteiger partial charge in [0.1, 0.15) is 5.15 Å². The molecule has 0 unspecified atom stereocenters. The third-order valence-corrected chi connectivity index (χ3v) is 3.87. The van der Waals surface area contributed by atoms with Crippen molar-refractivity contribution in [2.24, 2.45) is 0 Å². The van der Waals surface area contributed by atoms with Crippen molar-refractivity contribution < 1.29 is 26.7 Å². The summed E-state index contributed by atoms with van der Waals surface area (Å²) in [5, 5.41) is 0.285. The van der Waals surface area contributed by atoms with E-state index in [0.29, 0.717) is 24.6 Å². The standard InChI is InChI=1S/C15H14ClF5N2O/c16-13-5-4-10(8-22-13)9-23-6-2-1-3-11(23)7-12(24)14(17,18)15(19,20)21/h4-5,7-8H,1-3,6,9H2/b11-7+. The van der Waals surface area contributed by atoms with Gasteiger partial charge in [0.15, 0.2) is 0 Å². The summed E-state index contributed by atoms with van der Waals surface area (Å²) in [4.78, 5) is 16.9. The number of aromatic nitrogens is 1. The topological polar surface area (TPSA) is 33.2 Å². The van der Waals surface area contributed by atoms with Crippen molar-refractivity contribution in [3.63, 3.8) is 0 Å². The van der Waals surface area contributed by atoms with Crippen molar-refractivity contribution in [3.05, 3.63) is 40.8 Å². The van der Waals surface area contributed by atoms with E-state index in [4.69, 9.17) is 11.6 Å². The molecule has 132 valence electrons. The number of ketones is 1. The predicted molar refractivity (Wildman–Crippen MR) is 77.6 cm³/mol. The van der Waals surface area contributed by atoms with Gasteiger partial charge in [-0.2, -0.15) is 22.0 Å². The first-order valence-corrected chi connectivity index (χ1v) is 7.54. The molecule has 0 bridgehead atoms. The number of halogens is 6. The normalized spacial score (nSPS) is 18.1. The predicted octanol–water partition coefficient (Wildman–Crippen LogP) is 4.37. The number of hydrogen-bond acceptors (Lipinski definition) is 3. The highest BCUT2D eigenvalue weighted by atomic mass is 35.5. The summed E-state index contributed by atoms with van der Waals surface area (Å²) in [6.07, 6.45) is -2.37. The van der Waals surface area contributed by atoms with E-state index >= 15 is 0 Å². The summed E-state index contributed by atoms with van der Waals surface area (Å²) >= 11 is 5.67. The Morgan fingerprint density at radius 2 is 1.96 bits per heavy atom. The van der Waals surface area contributed by atoms with E-state index in [0.717, 1.165) is 6.42 Å². The van der Waals surface area contributed by atoms with Crippen molar-refractivity contribution in [2.75, 3.05) is 6.54 Å². The van der Waals surface area contributed by atoms with E-state index in [2.05, 4.69) is 4.98 Å². The lowest BCUT2D eigenvalue weighted by molar-refractivity contribution is -0.266. The lowest BCUT2D eigenvalue weighted by Gasteiger charge is -2.32. The SMILES string of the molecule is O=C(/C=C1\CCCCN1Cc1ccc(Cl)nc1)C(F)(F)C(F)(F)F. The van der Waals surface area contributed by atoms with Gasteiger partial charge in [-0.15, -0.1) is 0 Å². The van der Waals surface area contributed by atoms with Crippen LogP contribution in [0.25, 0.3) is 0 Å². The Bertz CT molecular complexity index is 628. The molecule has 0 amide bonds. The third kappa shape index (κ3) is 4.23. The minimum absolute atomic E-state index is 0.171. The maximum Gasteiger partial charge on any atom is 0.461 e. The molecule has 0 saturated carbocycles.